The van der Waals surface area contributed by atoms with Crippen LogP contribution >= 0.6 is 12.4 Å². The van der Waals surface area contributed by atoms with E-state index in [0.29, 0.717) is 18.5 Å². The Kier molecular flexibility index (Phi) is 5.56. The third-order valence-electron chi connectivity index (χ3n) is 1.96. The summed E-state index contributed by atoms with van der Waals surface area (Å²) < 4.78 is 4.51. The molecule has 0 saturated carbocycles. The summed E-state index contributed by atoms with van der Waals surface area (Å²) in [5.41, 5.74) is 6.97. The number of carbonyl (C=O) groups is 1. The van der Waals surface area contributed by atoms with Crippen molar-refractivity contribution in [3.63, 3.8) is 0 Å². The maximum Gasteiger partial charge on any atom is 0.305 e. The van der Waals surface area contributed by atoms with Crippen molar-refractivity contribution in [3.8, 4) is 5.75 Å². The molecule has 4 nitrogen and oxygen atoms in total. The van der Waals surface area contributed by atoms with Crippen molar-refractivity contribution >= 4 is 24.1 Å². The molecule has 15 heavy (non-hydrogen) atoms. The van der Waals surface area contributed by atoms with Crippen LogP contribution in [0.3, 0.4) is 0 Å². The molecular weight excluding hydrogens is 218 g/mol. The summed E-state index contributed by atoms with van der Waals surface area (Å²) in [5.74, 6) is -0.137. The van der Waals surface area contributed by atoms with Crippen LogP contribution in [-0.2, 0) is 16.0 Å². The maximum atomic E-state index is 10.9. The van der Waals surface area contributed by atoms with E-state index < -0.39 is 0 Å². The molecule has 0 saturated heterocycles. The van der Waals surface area contributed by atoms with Crippen molar-refractivity contribution in [2.45, 2.75) is 12.8 Å². The van der Waals surface area contributed by atoms with Gasteiger partial charge in [-0.05, 0) is 18.1 Å². The number of nitrogen functional groups attached to an aromatic ring is 1. The lowest BCUT2D eigenvalue weighted by atomic mass is 10.1. The molecule has 0 aliphatic carbocycles. The van der Waals surface area contributed by atoms with E-state index in [-0.39, 0.29) is 24.1 Å². The van der Waals surface area contributed by atoms with Gasteiger partial charge in [0.25, 0.3) is 0 Å². The molecule has 0 aliphatic rings. The Hall–Kier alpha value is -1.42. The third kappa shape index (κ3) is 4.08. The van der Waals surface area contributed by atoms with E-state index in [2.05, 4.69) is 4.74 Å². The smallest absolute Gasteiger partial charge is 0.305 e. The topological polar surface area (TPSA) is 72.5 Å². The zero-order chi connectivity index (χ0) is 10.6. The number of halogens is 1. The second kappa shape index (κ2) is 6.14. The number of phenols is 1. The second-order valence-corrected chi connectivity index (χ2v) is 2.96. The van der Waals surface area contributed by atoms with Crippen LogP contribution in [0.4, 0.5) is 5.69 Å². The van der Waals surface area contributed by atoms with Crippen molar-refractivity contribution in [2.24, 2.45) is 0 Å². The molecule has 5 heteroatoms. The summed E-state index contributed by atoms with van der Waals surface area (Å²) in [6.07, 6.45) is 0.824. The van der Waals surface area contributed by atoms with Crippen LogP contribution in [0.2, 0.25) is 0 Å². The van der Waals surface area contributed by atoms with Crippen LogP contribution < -0.4 is 5.73 Å². The molecule has 0 aliphatic heterocycles. The number of hydrogen-bond donors (Lipinski definition) is 2. The number of carbonyl (C=O) groups excluding carboxylic acids is 1. The largest absolute Gasteiger partial charge is 0.508 e. The maximum absolute atomic E-state index is 10.9. The van der Waals surface area contributed by atoms with Crippen molar-refractivity contribution in [1.82, 2.24) is 0 Å². The van der Waals surface area contributed by atoms with Gasteiger partial charge >= 0.3 is 5.97 Å². The molecule has 1 rings (SSSR count). The first-order chi connectivity index (χ1) is 6.63. The van der Waals surface area contributed by atoms with Gasteiger partial charge in [-0.25, -0.2) is 0 Å². The quantitative estimate of drug-likeness (QED) is 0.611. The Morgan fingerprint density at radius 3 is 2.73 bits per heavy atom. The van der Waals surface area contributed by atoms with Gasteiger partial charge in [0.15, 0.2) is 0 Å². The molecule has 84 valence electrons. The standard InChI is InChI=1S/C10H13NO3.ClH/c1-14-10(13)5-3-7-2-4-8(12)6-9(7)11;/h2,4,6,12H,3,5,11H2,1H3;1H. The fraction of sp³-hybridized carbons (Fsp3) is 0.300. The number of anilines is 1. The van der Waals surface area contributed by atoms with Gasteiger partial charge in [0.2, 0.25) is 0 Å². The van der Waals surface area contributed by atoms with Crippen LogP contribution in [-0.4, -0.2) is 18.2 Å². The summed E-state index contributed by atoms with van der Waals surface area (Å²) >= 11 is 0. The SMILES string of the molecule is COC(=O)CCc1ccc(O)cc1N.Cl. The van der Waals surface area contributed by atoms with E-state index in [1.165, 1.54) is 13.2 Å². The number of esters is 1. The molecule has 0 aromatic heterocycles. The number of nitrogens with two attached hydrogens (primary N) is 1. The molecule has 1 aromatic carbocycles. The fourth-order valence-electron chi connectivity index (χ4n) is 1.15. The van der Waals surface area contributed by atoms with E-state index in [9.17, 15) is 4.79 Å². The molecule has 1 aromatic rings. The highest BCUT2D eigenvalue weighted by Gasteiger charge is 2.04. The van der Waals surface area contributed by atoms with Gasteiger partial charge in [0, 0.05) is 18.2 Å². The lowest BCUT2D eigenvalue weighted by Crippen LogP contribution is -2.03. The Labute approximate surface area is 94.5 Å². The predicted molar refractivity (Wildman–Crippen MR) is 60.1 cm³/mol. The molecule has 0 atom stereocenters. The van der Waals surface area contributed by atoms with Gasteiger partial charge in [0.1, 0.15) is 5.75 Å². The number of ether oxygens (including phenoxy) is 1. The van der Waals surface area contributed by atoms with Gasteiger partial charge in [-0.1, -0.05) is 6.07 Å². The second-order valence-electron chi connectivity index (χ2n) is 2.96. The van der Waals surface area contributed by atoms with E-state index >= 15 is 0 Å². The Morgan fingerprint density at radius 2 is 2.20 bits per heavy atom. The Bertz CT molecular complexity index is 341. The predicted octanol–water partition coefficient (Wildman–Crippen LogP) is 1.50. The molecule has 0 bridgehead atoms. The number of benzene rings is 1. The number of phenolic OH excluding ortho intramolecular Hbond substituents is 1. The van der Waals surface area contributed by atoms with Crippen LogP contribution in [0.1, 0.15) is 12.0 Å². The summed E-state index contributed by atoms with van der Waals surface area (Å²) in [6.45, 7) is 0. The number of rotatable bonds is 3. The fourth-order valence-corrected chi connectivity index (χ4v) is 1.15. The van der Waals surface area contributed by atoms with Gasteiger partial charge in [-0.3, -0.25) is 4.79 Å². The average molecular weight is 232 g/mol. The molecule has 0 spiro atoms. The van der Waals surface area contributed by atoms with Crippen molar-refractivity contribution in [1.29, 1.82) is 0 Å². The monoisotopic (exact) mass is 231 g/mol. The first-order valence-electron chi connectivity index (χ1n) is 4.27. The molecule has 0 unspecified atom stereocenters. The first-order valence-corrected chi connectivity index (χ1v) is 4.27. The van der Waals surface area contributed by atoms with E-state index in [4.69, 9.17) is 10.8 Å². The summed E-state index contributed by atoms with van der Waals surface area (Å²) in [7, 11) is 1.35. The molecule has 0 fully saturated rings. The zero-order valence-corrected chi connectivity index (χ0v) is 9.21. The summed E-state index contributed by atoms with van der Waals surface area (Å²) in [4.78, 5) is 10.9. The Balaban J connectivity index is 0.00000196. The lowest BCUT2D eigenvalue weighted by Gasteiger charge is -2.04. The third-order valence-corrected chi connectivity index (χ3v) is 1.96. The van der Waals surface area contributed by atoms with Crippen molar-refractivity contribution in [2.75, 3.05) is 12.8 Å². The number of methoxy groups -OCH3 is 1. The molecule has 3 N–H and O–H groups in total. The van der Waals surface area contributed by atoms with Crippen LogP contribution in [0.15, 0.2) is 18.2 Å². The zero-order valence-electron chi connectivity index (χ0n) is 8.40. The molecule has 0 radical (unpaired) electrons. The van der Waals surface area contributed by atoms with E-state index in [1.54, 1.807) is 12.1 Å². The highest BCUT2D eigenvalue weighted by molar-refractivity contribution is 5.85. The minimum atomic E-state index is -0.266. The number of aromatic hydroxyl groups is 1. The van der Waals surface area contributed by atoms with Crippen LogP contribution in [0.5, 0.6) is 5.75 Å². The van der Waals surface area contributed by atoms with Gasteiger partial charge in [0.05, 0.1) is 7.11 Å². The summed E-state index contributed by atoms with van der Waals surface area (Å²) in [5, 5.41) is 9.09. The van der Waals surface area contributed by atoms with Gasteiger partial charge in [-0.2, -0.15) is 0 Å². The van der Waals surface area contributed by atoms with Gasteiger partial charge < -0.3 is 15.6 Å². The van der Waals surface area contributed by atoms with E-state index in [0.717, 1.165) is 5.56 Å². The van der Waals surface area contributed by atoms with Gasteiger partial charge in [-0.15, -0.1) is 12.4 Å². The van der Waals surface area contributed by atoms with Crippen LogP contribution in [0, 0.1) is 0 Å². The van der Waals surface area contributed by atoms with Crippen molar-refractivity contribution < 1.29 is 14.6 Å². The Morgan fingerprint density at radius 1 is 1.53 bits per heavy atom. The minimum absolute atomic E-state index is 0. The number of aryl methyl sites for hydroxylation is 1. The molecular formula is C10H14ClNO3. The number of hydrogen-bond acceptors (Lipinski definition) is 4. The average Bonchev–Trinajstić information content (AvgIpc) is 2.16. The lowest BCUT2D eigenvalue weighted by molar-refractivity contribution is -0.140. The van der Waals surface area contributed by atoms with E-state index in [1.807, 2.05) is 0 Å². The highest BCUT2D eigenvalue weighted by atomic mass is 35.5. The van der Waals surface area contributed by atoms with Crippen molar-refractivity contribution in [3.05, 3.63) is 23.8 Å². The first kappa shape index (κ1) is 13.6. The summed E-state index contributed by atoms with van der Waals surface area (Å²) in [6, 6.07) is 4.71. The molecule has 0 heterocycles. The molecule has 0 amide bonds. The normalized spacial score (nSPS) is 9.13. The minimum Gasteiger partial charge on any atom is -0.508 e. The highest BCUT2D eigenvalue weighted by Crippen LogP contribution is 2.19. The van der Waals surface area contributed by atoms with Crippen LogP contribution in [0.25, 0.3) is 0 Å².